The molecule has 2 fully saturated rings. The molecule has 0 bridgehead atoms. The van der Waals surface area contributed by atoms with Crippen LogP contribution in [0.3, 0.4) is 0 Å². The Morgan fingerprint density at radius 1 is 1.41 bits per heavy atom. The van der Waals surface area contributed by atoms with Crippen LogP contribution in [0.2, 0.25) is 0 Å². The average Bonchev–Trinajstić information content (AvgIpc) is 2.79. The van der Waals surface area contributed by atoms with Crippen molar-refractivity contribution in [2.75, 3.05) is 26.2 Å². The normalized spacial score (nSPS) is 30.4. The summed E-state index contributed by atoms with van der Waals surface area (Å²) >= 11 is 0. The summed E-state index contributed by atoms with van der Waals surface area (Å²) < 4.78 is 0. The summed E-state index contributed by atoms with van der Waals surface area (Å²) in [5.74, 6) is 0.254. The SMILES string of the molecule is CCCN1CCCC1C(=O)NC1CCCNC1. The van der Waals surface area contributed by atoms with E-state index in [1.165, 1.54) is 12.8 Å². The number of carbonyl (C=O) groups is 1. The minimum absolute atomic E-state index is 0.136. The summed E-state index contributed by atoms with van der Waals surface area (Å²) in [6.07, 6.45) is 5.63. The van der Waals surface area contributed by atoms with E-state index in [1.54, 1.807) is 0 Å². The Balaban J connectivity index is 1.81. The number of amides is 1. The lowest BCUT2D eigenvalue weighted by Crippen LogP contribution is -2.51. The molecule has 2 aliphatic heterocycles. The molecule has 0 aliphatic carbocycles. The van der Waals surface area contributed by atoms with Gasteiger partial charge < -0.3 is 10.6 Å². The summed E-state index contributed by atoms with van der Waals surface area (Å²) in [7, 11) is 0. The van der Waals surface area contributed by atoms with Crippen LogP contribution >= 0.6 is 0 Å². The fourth-order valence-corrected chi connectivity index (χ4v) is 2.95. The lowest BCUT2D eigenvalue weighted by Gasteiger charge is -2.28. The van der Waals surface area contributed by atoms with Crippen LogP contribution < -0.4 is 10.6 Å². The average molecular weight is 239 g/mol. The fraction of sp³-hybridized carbons (Fsp3) is 0.923. The molecule has 2 heterocycles. The minimum Gasteiger partial charge on any atom is -0.351 e. The Hall–Kier alpha value is -0.610. The Bertz CT molecular complexity index is 251. The molecule has 2 unspecified atom stereocenters. The molecule has 2 aliphatic rings. The molecule has 0 saturated carbocycles. The highest BCUT2D eigenvalue weighted by molar-refractivity contribution is 5.82. The zero-order chi connectivity index (χ0) is 12.1. The lowest BCUT2D eigenvalue weighted by molar-refractivity contribution is -0.126. The van der Waals surface area contributed by atoms with Gasteiger partial charge in [-0.25, -0.2) is 0 Å². The molecule has 0 aromatic heterocycles. The largest absolute Gasteiger partial charge is 0.351 e. The predicted octanol–water partition coefficient (Wildman–Crippen LogP) is 0.729. The first-order valence-corrected chi connectivity index (χ1v) is 7.06. The van der Waals surface area contributed by atoms with E-state index in [-0.39, 0.29) is 11.9 Å². The Labute approximate surface area is 104 Å². The molecule has 0 spiro atoms. The second kappa shape index (κ2) is 6.36. The van der Waals surface area contributed by atoms with E-state index in [0.29, 0.717) is 6.04 Å². The Morgan fingerprint density at radius 2 is 2.29 bits per heavy atom. The first-order valence-electron chi connectivity index (χ1n) is 7.06. The highest BCUT2D eigenvalue weighted by Gasteiger charge is 2.31. The molecule has 0 aromatic carbocycles. The van der Waals surface area contributed by atoms with E-state index >= 15 is 0 Å². The number of likely N-dealkylation sites (tertiary alicyclic amines) is 1. The zero-order valence-electron chi connectivity index (χ0n) is 10.9. The predicted molar refractivity (Wildman–Crippen MR) is 68.9 cm³/mol. The quantitative estimate of drug-likeness (QED) is 0.760. The molecule has 4 heteroatoms. The summed E-state index contributed by atoms with van der Waals surface area (Å²) in [5.41, 5.74) is 0. The maximum absolute atomic E-state index is 12.2. The Morgan fingerprint density at radius 3 is 3.00 bits per heavy atom. The van der Waals surface area contributed by atoms with Crippen molar-refractivity contribution >= 4 is 5.91 Å². The second-order valence-electron chi connectivity index (χ2n) is 5.25. The number of nitrogens with zero attached hydrogens (tertiary/aromatic N) is 1. The highest BCUT2D eigenvalue weighted by Crippen LogP contribution is 2.18. The second-order valence-corrected chi connectivity index (χ2v) is 5.25. The lowest BCUT2D eigenvalue weighted by atomic mass is 10.1. The van der Waals surface area contributed by atoms with Crippen LogP contribution in [-0.2, 0) is 4.79 Å². The minimum atomic E-state index is 0.136. The molecule has 2 atom stereocenters. The number of piperidine rings is 1. The molecular formula is C13H25N3O. The molecule has 17 heavy (non-hydrogen) atoms. The third kappa shape index (κ3) is 3.42. The van der Waals surface area contributed by atoms with Crippen LogP contribution in [0.1, 0.15) is 39.0 Å². The van der Waals surface area contributed by atoms with E-state index < -0.39 is 0 Å². The van der Waals surface area contributed by atoms with Gasteiger partial charge in [-0.05, 0) is 51.7 Å². The van der Waals surface area contributed by atoms with Crippen molar-refractivity contribution in [1.82, 2.24) is 15.5 Å². The summed E-state index contributed by atoms with van der Waals surface area (Å²) in [4.78, 5) is 14.6. The first-order chi connectivity index (χ1) is 8.31. The van der Waals surface area contributed by atoms with Gasteiger partial charge in [0.2, 0.25) is 5.91 Å². The van der Waals surface area contributed by atoms with Gasteiger partial charge in [-0.3, -0.25) is 9.69 Å². The zero-order valence-corrected chi connectivity index (χ0v) is 10.9. The fourth-order valence-electron chi connectivity index (χ4n) is 2.95. The molecule has 0 aromatic rings. The summed E-state index contributed by atoms with van der Waals surface area (Å²) in [5, 5.41) is 6.54. The van der Waals surface area contributed by atoms with Crippen LogP contribution in [0.4, 0.5) is 0 Å². The van der Waals surface area contributed by atoms with Crippen molar-refractivity contribution in [3.8, 4) is 0 Å². The first kappa shape index (κ1) is 12.8. The number of hydrogen-bond acceptors (Lipinski definition) is 3. The summed E-state index contributed by atoms with van der Waals surface area (Å²) in [6, 6.07) is 0.484. The highest BCUT2D eigenvalue weighted by atomic mass is 16.2. The van der Waals surface area contributed by atoms with Gasteiger partial charge in [0.25, 0.3) is 0 Å². The van der Waals surface area contributed by atoms with Crippen LogP contribution in [0.25, 0.3) is 0 Å². The van der Waals surface area contributed by atoms with E-state index in [1.807, 2.05) is 0 Å². The Kier molecular flexibility index (Phi) is 4.80. The monoisotopic (exact) mass is 239 g/mol. The van der Waals surface area contributed by atoms with Crippen molar-refractivity contribution in [3.05, 3.63) is 0 Å². The van der Waals surface area contributed by atoms with Gasteiger partial charge in [-0.1, -0.05) is 6.92 Å². The standard InChI is InChI=1S/C13H25N3O/c1-2-8-16-9-4-6-12(16)13(17)15-11-5-3-7-14-10-11/h11-12,14H,2-10H2,1H3,(H,15,17). The van der Waals surface area contributed by atoms with Gasteiger partial charge in [0.15, 0.2) is 0 Å². The van der Waals surface area contributed by atoms with Crippen molar-refractivity contribution in [2.24, 2.45) is 0 Å². The van der Waals surface area contributed by atoms with Crippen molar-refractivity contribution < 1.29 is 4.79 Å². The third-order valence-electron chi connectivity index (χ3n) is 3.82. The van der Waals surface area contributed by atoms with Gasteiger partial charge in [0, 0.05) is 12.6 Å². The van der Waals surface area contributed by atoms with Gasteiger partial charge in [0.05, 0.1) is 6.04 Å². The number of carbonyl (C=O) groups excluding carboxylic acids is 1. The van der Waals surface area contributed by atoms with E-state index in [9.17, 15) is 4.79 Å². The van der Waals surface area contributed by atoms with Crippen molar-refractivity contribution in [2.45, 2.75) is 51.1 Å². The van der Waals surface area contributed by atoms with Gasteiger partial charge in [-0.2, -0.15) is 0 Å². The van der Waals surface area contributed by atoms with Gasteiger partial charge in [0.1, 0.15) is 0 Å². The van der Waals surface area contributed by atoms with Gasteiger partial charge >= 0.3 is 0 Å². The number of rotatable bonds is 4. The van der Waals surface area contributed by atoms with Crippen LogP contribution in [-0.4, -0.2) is 49.1 Å². The molecule has 0 radical (unpaired) electrons. The summed E-state index contributed by atoms with van der Waals surface area (Å²) in [6.45, 7) is 6.36. The van der Waals surface area contributed by atoms with Crippen LogP contribution in [0.5, 0.6) is 0 Å². The maximum atomic E-state index is 12.2. The topological polar surface area (TPSA) is 44.4 Å². The van der Waals surface area contributed by atoms with E-state index in [2.05, 4.69) is 22.5 Å². The van der Waals surface area contributed by atoms with Crippen molar-refractivity contribution in [3.63, 3.8) is 0 Å². The molecule has 2 N–H and O–H groups in total. The maximum Gasteiger partial charge on any atom is 0.237 e. The van der Waals surface area contributed by atoms with E-state index in [4.69, 9.17) is 0 Å². The molecule has 1 amide bonds. The molecule has 98 valence electrons. The number of nitrogens with one attached hydrogen (secondary N) is 2. The van der Waals surface area contributed by atoms with Crippen LogP contribution in [0, 0.1) is 0 Å². The number of hydrogen-bond donors (Lipinski definition) is 2. The van der Waals surface area contributed by atoms with Crippen LogP contribution in [0.15, 0.2) is 0 Å². The molecule has 4 nitrogen and oxygen atoms in total. The van der Waals surface area contributed by atoms with E-state index in [0.717, 1.165) is 45.4 Å². The molecular weight excluding hydrogens is 214 g/mol. The molecule has 2 saturated heterocycles. The molecule has 2 rings (SSSR count). The smallest absolute Gasteiger partial charge is 0.237 e. The van der Waals surface area contributed by atoms with Crippen molar-refractivity contribution in [1.29, 1.82) is 0 Å². The van der Waals surface area contributed by atoms with Gasteiger partial charge in [-0.15, -0.1) is 0 Å². The third-order valence-corrected chi connectivity index (χ3v) is 3.82.